The zero-order chi connectivity index (χ0) is 36.6. The first kappa shape index (κ1) is 34.6. The van der Waals surface area contributed by atoms with Crippen molar-refractivity contribution >= 4 is 22.6 Å². The lowest BCUT2D eigenvalue weighted by Crippen LogP contribution is -2.45. The third-order valence-corrected chi connectivity index (χ3v) is 10.7. The number of imidazole rings is 1. The van der Waals surface area contributed by atoms with Gasteiger partial charge in [-0.15, -0.1) is 0 Å². The Hall–Kier alpha value is -5.53. The maximum absolute atomic E-state index is 14.6. The number of piperidine rings is 1. The Balaban J connectivity index is 1.03. The van der Waals surface area contributed by atoms with Crippen LogP contribution in [0.1, 0.15) is 60.6 Å². The van der Waals surface area contributed by atoms with Crippen molar-refractivity contribution in [3.8, 4) is 16.8 Å². The molecule has 2 fully saturated rings. The van der Waals surface area contributed by atoms with Crippen LogP contribution in [0.5, 0.6) is 0 Å². The first-order valence-electron chi connectivity index (χ1n) is 18.1. The van der Waals surface area contributed by atoms with Crippen molar-refractivity contribution in [1.82, 2.24) is 39.0 Å². The molecule has 0 bridgehead atoms. The summed E-state index contributed by atoms with van der Waals surface area (Å²) < 4.78 is 32.3. The summed E-state index contributed by atoms with van der Waals surface area (Å²) in [6.45, 7) is 3.01. The molecular weight excluding hydrogens is 678 g/mol. The molecule has 6 aromatic rings. The molecule has 1 saturated heterocycles. The molecule has 1 amide bonds. The van der Waals surface area contributed by atoms with Crippen LogP contribution in [0, 0.1) is 11.6 Å². The van der Waals surface area contributed by atoms with Gasteiger partial charge in [-0.25, -0.2) is 28.1 Å². The second-order valence-electron chi connectivity index (χ2n) is 14.1. The normalized spacial score (nSPS) is 18.5. The summed E-state index contributed by atoms with van der Waals surface area (Å²) >= 11 is 0. The Morgan fingerprint density at radius 1 is 0.849 bits per heavy atom. The molecule has 2 aliphatic rings. The number of pyridine rings is 2. The molecule has 4 aromatic heterocycles. The molecule has 8 rings (SSSR count). The number of rotatable bonds is 8. The van der Waals surface area contributed by atoms with Crippen molar-refractivity contribution in [3.05, 3.63) is 129 Å². The van der Waals surface area contributed by atoms with E-state index in [-0.39, 0.29) is 28.7 Å². The van der Waals surface area contributed by atoms with E-state index in [0.29, 0.717) is 43.1 Å². The molecule has 272 valence electrons. The van der Waals surface area contributed by atoms with Crippen LogP contribution in [0.3, 0.4) is 0 Å². The van der Waals surface area contributed by atoms with Gasteiger partial charge in [0, 0.05) is 37.1 Å². The highest BCUT2D eigenvalue weighted by Gasteiger charge is 2.29. The molecule has 11 nitrogen and oxygen atoms in total. The van der Waals surface area contributed by atoms with Crippen LogP contribution in [0.25, 0.3) is 33.5 Å². The second-order valence-corrected chi connectivity index (χ2v) is 14.1. The summed E-state index contributed by atoms with van der Waals surface area (Å²) in [6.07, 6.45) is 7.90. The predicted molar refractivity (Wildman–Crippen MR) is 198 cm³/mol. The van der Waals surface area contributed by atoms with Crippen molar-refractivity contribution < 1.29 is 13.6 Å². The van der Waals surface area contributed by atoms with E-state index in [0.717, 1.165) is 55.9 Å². The number of halogens is 2. The van der Waals surface area contributed by atoms with Crippen LogP contribution < -0.4 is 21.9 Å². The molecule has 1 saturated carbocycles. The zero-order valence-electron chi connectivity index (χ0n) is 29.3. The Bertz CT molecular complexity index is 2420. The molecule has 0 spiro atoms. The molecule has 2 N–H and O–H groups in total. The fourth-order valence-corrected chi connectivity index (χ4v) is 7.81. The van der Waals surface area contributed by atoms with E-state index in [1.807, 2.05) is 25.2 Å². The third-order valence-electron chi connectivity index (χ3n) is 10.7. The fraction of sp³-hybridized carbons (Fsp3) is 0.325. The summed E-state index contributed by atoms with van der Waals surface area (Å²) in [5.41, 5.74) is 3.15. The predicted octanol–water partition coefficient (Wildman–Crippen LogP) is 5.24. The lowest BCUT2D eigenvalue weighted by atomic mass is 9.90. The van der Waals surface area contributed by atoms with Gasteiger partial charge >= 0.3 is 5.69 Å². The Morgan fingerprint density at radius 3 is 2.38 bits per heavy atom. The second kappa shape index (κ2) is 14.5. The molecule has 1 aliphatic carbocycles. The summed E-state index contributed by atoms with van der Waals surface area (Å²) in [5, 5.41) is 6.38. The van der Waals surface area contributed by atoms with E-state index >= 15 is 0 Å². The van der Waals surface area contributed by atoms with Crippen LogP contribution in [-0.4, -0.2) is 66.5 Å². The smallest absolute Gasteiger partial charge is 0.337 e. The summed E-state index contributed by atoms with van der Waals surface area (Å²) in [5.74, 6) is -1.50. The molecule has 0 unspecified atom stereocenters. The highest BCUT2D eigenvalue weighted by Crippen LogP contribution is 2.29. The lowest BCUT2D eigenvalue weighted by molar-refractivity contribution is 0.0917. The van der Waals surface area contributed by atoms with Gasteiger partial charge in [-0.1, -0.05) is 36.4 Å². The molecule has 5 heterocycles. The molecule has 53 heavy (non-hydrogen) atoms. The Labute approximate surface area is 303 Å². The van der Waals surface area contributed by atoms with E-state index in [1.54, 1.807) is 6.07 Å². The minimum absolute atomic E-state index is 0.0109. The van der Waals surface area contributed by atoms with Gasteiger partial charge in [0.15, 0.2) is 5.65 Å². The van der Waals surface area contributed by atoms with E-state index in [4.69, 9.17) is 0 Å². The molecule has 2 aromatic carbocycles. The van der Waals surface area contributed by atoms with Gasteiger partial charge in [0.2, 0.25) is 0 Å². The van der Waals surface area contributed by atoms with Crippen LogP contribution in [0.4, 0.5) is 8.78 Å². The maximum Gasteiger partial charge on any atom is 0.337 e. The number of likely N-dealkylation sites (tertiary alicyclic amines) is 1. The summed E-state index contributed by atoms with van der Waals surface area (Å²) in [6, 6.07) is 19.7. The van der Waals surface area contributed by atoms with Crippen molar-refractivity contribution in [3.63, 3.8) is 0 Å². The number of carbonyl (C=O) groups is 1. The van der Waals surface area contributed by atoms with E-state index in [9.17, 15) is 23.2 Å². The Kier molecular flexibility index (Phi) is 9.44. The first-order chi connectivity index (χ1) is 25.7. The van der Waals surface area contributed by atoms with Gasteiger partial charge in [-0.3, -0.25) is 19.1 Å². The number of amides is 1. The Morgan fingerprint density at radius 2 is 1.62 bits per heavy atom. The van der Waals surface area contributed by atoms with E-state index < -0.39 is 28.9 Å². The topological polar surface area (TPSA) is 119 Å². The van der Waals surface area contributed by atoms with Crippen LogP contribution in [0.15, 0.2) is 94.9 Å². The van der Waals surface area contributed by atoms with Gasteiger partial charge in [0.1, 0.15) is 23.0 Å². The van der Waals surface area contributed by atoms with Crippen molar-refractivity contribution in [1.29, 1.82) is 0 Å². The monoisotopic (exact) mass is 718 g/mol. The lowest BCUT2D eigenvalue weighted by Gasteiger charge is -2.31. The number of carbonyl (C=O) groups excluding carboxylic acids is 1. The molecule has 0 radical (unpaired) electrons. The number of hydrogen-bond acceptors (Lipinski definition) is 7. The molecule has 13 heteroatoms. The first-order valence-corrected chi connectivity index (χ1v) is 18.1. The average molecular weight is 719 g/mol. The highest BCUT2D eigenvalue weighted by atomic mass is 19.1. The minimum Gasteiger partial charge on any atom is -0.348 e. The van der Waals surface area contributed by atoms with Crippen LogP contribution >= 0.6 is 0 Å². The standard InChI is InChI=1S/C40H40F2N8O3/c1-43-30-15-17-47(18-16-30)22-25-5-7-26(8-6-25)27-3-2-4-33(19-27)49-37-34(20-29(42)21-44-37)39(52)50(40(49)53)32-12-10-31(11-13-32)45-38(51)35-24-48-23-28(41)9-14-36(48)46-35/h2-9,14,19-21,23-24,30-32,43H,10-13,15-18,22H2,1H3,(H,45,51)/t31-,32+. The van der Waals surface area contributed by atoms with Gasteiger partial charge < -0.3 is 15.0 Å². The highest BCUT2D eigenvalue weighted by molar-refractivity contribution is 5.93. The zero-order valence-corrected chi connectivity index (χ0v) is 29.3. The number of nitrogens with zero attached hydrogens (tertiary/aromatic N) is 6. The van der Waals surface area contributed by atoms with Crippen LogP contribution in [0.2, 0.25) is 0 Å². The van der Waals surface area contributed by atoms with Crippen LogP contribution in [-0.2, 0) is 6.54 Å². The van der Waals surface area contributed by atoms with Crippen molar-refractivity contribution in [2.75, 3.05) is 20.1 Å². The molecule has 1 aliphatic heterocycles. The maximum atomic E-state index is 14.6. The van der Waals surface area contributed by atoms with Gasteiger partial charge in [0.05, 0.1) is 17.3 Å². The summed E-state index contributed by atoms with van der Waals surface area (Å²) in [7, 11) is 2.02. The van der Waals surface area contributed by atoms with E-state index in [1.165, 1.54) is 43.6 Å². The number of fused-ring (bicyclic) bond motifs is 2. The van der Waals surface area contributed by atoms with Gasteiger partial charge in [-0.2, -0.15) is 0 Å². The average Bonchev–Trinajstić information content (AvgIpc) is 3.60. The SMILES string of the molecule is CNC1CCN(Cc2ccc(-c3cccc(-n4c(=O)n([C@H]5CC[C@@H](NC(=O)c6cn7cc(F)ccc7n6)CC5)c(=O)c5cc(F)cnc54)c3)cc2)CC1. The quantitative estimate of drug-likeness (QED) is 0.221. The largest absolute Gasteiger partial charge is 0.348 e. The summed E-state index contributed by atoms with van der Waals surface area (Å²) in [4.78, 5) is 52.2. The number of aromatic nitrogens is 5. The number of nitrogens with one attached hydrogen (secondary N) is 2. The molecular formula is C40H40F2N8O3. The number of benzene rings is 2. The van der Waals surface area contributed by atoms with E-state index in [2.05, 4.69) is 49.8 Å². The van der Waals surface area contributed by atoms with Crippen molar-refractivity contribution in [2.24, 2.45) is 0 Å². The number of hydrogen-bond donors (Lipinski definition) is 2. The van der Waals surface area contributed by atoms with Gasteiger partial charge in [0.25, 0.3) is 11.5 Å². The third kappa shape index (κ3) is 7.01. The molecule has 0 atom stereocenters. The minimum atomic E-state index is -0.673. The van der Waals surface area contributed by atoms with Crippen molar-refractivity contribution in [2.45, 2.75) is 63.2 Å². The fourth-order valence-electron chi connectivity index (χ4n) is 7.81. The van der Waals surface area contributed by atoms with Gasteiger partial charge in [-0.05, 0) is 106 Å².